The van der Waals surface area contributed by atoms with Gasteiger partial charge in [-0.3, -0.25) is 0 Å². The summed E-state index contributed by atoms with van der Waals surface area (Å²) in [5.74, 6) is 0. The molecule has 0 amide bonds. The molecule has 0 aliphatic carbocycles. The lowest BCUT2D eigenvalue weighted by Gasteiger charge is -2.32. The summed E-state index contributed by atoms with van der Waals surface area (Å²) >= 11 is 0. The van der Waals surface area contributed by atoms with Gasteiger partial charge >= 0.3 is 0 Å². The van der Waals surface area contributed by atoms with Gasteiger partial charge in [-0.05, 0) is 53.2 Å². The predicted molar refractivity (Wildman–Crippen MR) is 68.8 cm³/mol. The van der Waals surface area contributed by atoms with Gasteiger partial charge in [0.1, 0.15) is 0 Å². The minimum Gasteiger partial charge on any atom is -0.380 e. The van der Waals surface area contributed by atoms with E-state index in [9.17, 15) is 0 Å². The Hall–Kier alpha value is -0.120. The van der Waals surface area contributed by atoms with Crippen molar-refractivity contribution >= 4 is 0 Å². The summed E-state index contributed by atoms with van der Waals surface area (Å²) in [6.45, 7) is 8.28. The van der Waals surface area contributed by atoms with Crippen LogP contribution in [0.15, 0.2) is 0 Å². The summed E-state index contributed by atoms with van der Waals surface area (Å²) in [7, 11) is 2.26. The number of rotatable bonds is 7. The number of hydrogen-bond acceptors (Lipinski definition) is 3. The smallest absolute Gasteiger partial charge is 0.0616 e. The van der Waals surface area contributed by atoms with Crippen molar-refractivity contribution in [2.45, 2.75) is 51.6 Å². The van der Waals surface area contributed by atoms with Crippen LogP contribution in [0.25, 0.3) is 0 Å². The maximum atomic E-state index is 5.39. The fraction of sp³-hybridized carbons (Fsp3) is 1.00. The van der Waals surface area contributed by atoms with Crippen LogP contribution in [0, 0.1) is 0 Å². The second-order valence-corrected chi connectivity index (χ2v) is 4.93. The molecule has 2 unspecified atom stereocenters. The molecule has 1 N–H and O–H groups in total. The molecule has 0 aromatic rings. The average molecular weight is 228 g/mol. The highest BCUT2D eigenvalue weighted by Crippen LogP contribution is 2.17. The Kier molecular flexibility index (Phi) is 7.01. The topological polar surface area (TPSA) is 24.5 Å². The van der Waals surface area contributed by atoms with Crippen molar-refractivity contribution in [2.24, 2.45) is 0 Å². The Morgan fingerprint density at radius 3 is 2.94 bits per heavy atom. The quantitative estimate of drug-likeness (QED) is 0.720. The Morgan fingerprint density at radius 2 is 2.25 bits per heavy atom. The van der Waals surface area contributed by atoms with Gasteiger partial charge in [-0.1, -0.05) is 6.42 Å². The van der Waals surface area contributed by atoms with E-state index in [0.29, 0.717) is 6.04 Å². The fourth-order valence-electron chi connectivity index (χ4n) is 2.36. The second kappa shape index (κ2) is 8.04. The first-order valence-electron chi connectivity index (χ1n) is 6.75. The van der Waals surface area contributed by atoms with Crippen molar-refractivity contribution in [3.8, 4) is 0 Å². The van der Waals surface area contributed by atoms with Crippen molar-refractivity contribution in [3.05, 3.63) is 0 Å². The highest BCUT2D eigenvalue weighted by molar-refractivity contribution is 4.75. The van der Waals surface area contributed by atoms with Crippen molar-refractivity contribution in [1.82, 2.24) is 10.2 Å². The molecule has 16 heavy (non-hydrogen) atoms. The summed E-state index contributed by atoms with van der Waals surface area (Å²) in [5.41, 5.74) is 0. The summed E-state index contributed by atoms with van der Waals surface area (Å²) < 4.78 is 5.39. The van der Waals surface area contributed by atoms with Crippen molar-refractivity contribution in [3.63, 3.8) is 0 Å². The van der Waals surface area contributed by atoms with Gasteiger partial charge < -0.3 is 15.0 Å². The lowest BCUT2D eigenvalue weighted by Crippen LogP contribution is -2.40. The van der Waals surface area contributed by atoms with Crippen LogP contribution in [0.5, 0.6) is 0 Å². The van der Waals surface area contributed by atoms with Crippen molar-refractivity contribution in [1.29, 1.82) is 0 Å². The molecule has 1 saturated heterocycles. The minimum atomic E-state index is 0.480. The number of piperidine rings is 1. The Labute approximate surface area is 101 Å². The van der Waals surface area contributed by atoms with Gasteiger partial charge in [0, 0.05) is 18.7 Å². The standard InChI is InChI=1S/C13H28N2O/c1-4-16-11-12(2)14-9-8-13-7-5-6-10-15(13)3/h12-14H,4-11H2,1-3H3. The zero-order valence-corrected chi connectivity index (χ0v) is 11.2. The number of nitrogens with one attached hydrogen (secondary N) is 1. The van der Waals surface area contributed by atoms with Gasteiger partial charge in [0.25, 0.3) is 0 Å². The molecule has 1 heterocycles. The third-order valence-corrected chi connectivity index (χ3v) is 3.46. The van der Waals surface area contributed by atoms with E-state index in [1.54, 1.807) is 0 Å². The van der Waals surface area contributed by atoms with E-state index < -0.39 is 0 Å². The molecular formula is C13H28N2O. The van der Waals surface area contributed by atoms with E-state index >= 15 is 0 Å². The Bertz CT molecular complexity index is 175. The van der Waals surface area contributed by atoms with Crippen LogP contribution >= 0.6 is 0 Å². The third kappa shape index (κ3) is 5.28. The van der Waals surface area contributed by atoms with Crippen LogP contribution in [-0.2, 0) is 4.74 Å². The largest absolute Gasteiger partial charge is 0.380 e. The van der Waals surface area contributed by atoms with Gasteiger partial charge in [0.15, 0.2) is 0 Å². The number of likely N-dealkylation sites (tertiary alicyclic amines) is 1. The summed E-state index contributed by atoms with van der Waals surface area (Å²) in [4.78, 5) is 2.51. The summed E-state index contributed by atoms with van der Waals surface area (Å²) in [5, 5.41) is 3.53. The molecule has 0 aromatic heterocycles. The zero-order chi connectivity index (χ0) is 11.8. The lowest BCUT2D eigenvalue weighted by molar-refractivity contribution is 0.124. The molecule has 1 aliphatic heterocycles. The van der Waals surface area contributed by atoms with Gasteiger partial charge in [0.2, 0.25) is 0 Å². The van der Waals surface area contributed by atoms with E-state index in [-0.39, 0.29) is 0 Å². The predicted octanol–water partition coefficient (Wildman–Crippen LogP) is 1.88. The number of hydrogen-bond donors (Lipinski definition) is 1. The molecule has 0 aromatic carbocycles. The SMILES string of the molecule is CCOCC(C)NCCC1CCCCN1C. The Balaban J connectivity index is 2.05. The second-order valence-electron chi connectivity index (χ2n) is 4.93. The monoisotopic (exact) mass is 228 g/mol. The molecule has 96 valence electrons. The molecule has 1 aliphatic rings. The number of ether oxygens (including phenoxy) is 1. The third-order valence-electron chi connectivity index (χ3n) is 3.46. The van der Waals surface area contributed by atoms with E-state index in [1.807, 2.05) is 6.92 Å². The van der Waals surface area contributed by atoms with E-state index in [1.165, 1.54) is 32.2 Å². The summed E-state index contributed by atoms with van der Waals surface area (Å²) in [6.07, 6.45) is 5.43. The molecular weight excluding hydrogens is 200 g/mol. The molecule has 3 heteroatoms. The fourth-order valence-corrected chi connectivity index (χ4v) is 2.36. The molecule has 2 atom stereocenters. The van der Waals surface area contributed by atoms with Crippen LogP contribution in [0.2, 0.25) is 0 Å². The zero-order valence-electron chi connectivity index (χ0n) is 11.2. The first-order chi connectivity index (χ1) is 7.74. The first-order valence-corrected chi connectivity index (χ1v) is 6.75. The maximum Gasteiger partial charge on any atom is 0.0616 e. The van der Waals surface area contributed by atoms with Crippen LogP contribution in [-0.4, -0.2) is 50.3 Å². The lowest BCUT2D eigenvalue weighted by atomic mass is 10.00. The molecule has 0 radical (unpaired) electrons. The normalized spacial score (nSPS) is 24.6. The Morgan fingerprint density at radius 1 is 1.44 bits per heavy atom. The first kappa shape index (κ1) is 13.9. The molecule has 0 bridgehead atoms. The average Bonchev–Trinajstić information content (AvgIpc) is 2.29. The van der Waals surface area contributed by atoms with E-state index in [2.05, 4.69) is 24.2 Å². The van der Waals surface area contributed by atoms with Crippen molar-refractivity contribution in [2.75, 3.05) is 33.4 Å². The van der Waals surface area contributed by atoms with Crippen molar-refractivity contribution < 1.29 is 4.74 Å². The summed E-state index contributed by atoms with van der Waals surface area (Å²) in [6, 6.07) is 1.27. The van der Waals surface area contributed by atoms with Gasteiger partial charge in [0.05, 0.1) is 6.61 Å². The van der Waals surface area contributed by atoms with Crippen LogP contribution in [0.4, 0.5) is 0 Å². The van der Waals surface area contributed by atoms with Gasteiger partial charge in [-0.2, -0.15) is 0 Å². The minimum absolute atomic E-state index is 0.480. The highest BCUT2D eigenvalue weighted by atomic mass is 16.5. The van der Waals surface area contributed by atoms with E-state index in [0.717, 1.165) is 25.8 Å². The van der Waals surface area contributed by atoms with Gasteiger partial charge in [-0.15, -0.1) is 0 Å². The maximum absolute atomic E-state index is 5.39. The molecule has 1 rings (SSSR count). The van der Waals surface area contributed by atoms with Crippen LogP contribution < -0.4 is 5.32 Å². The molecule has 1 fully saturated rings. The van der Waals surface area contributed by atoms with Crippen LogP contribution in [0.3, 0.4) is 0 Å². The molecule has 0 saturated carbocycles. The van der Waals surface area contributed by atoms with Gasteiger partial charge in [-0.25, -0.2) is 0 Å². The number of nitrogens with zero attached hydrogens (tertiary/aromatic N) is 1. The molecule has 0 spiro atoms. The van der Waals surface area contributed by atoms with Crippen LogP contribution in [0.1, 0.15) is 39.5 Å². The highest BCUT2D eigenvalue weighted by Gasteiger charge is 2.18. The molecule has 3 nitrogen and oxygen atoms in total. The van der Waals surface area contributed by atoms with E-state index in [4.69, 9.17) is 4.74 Å².